The summed E-state index contributed by atoms with van der Waals surface area (Å²) >= 11 is 0. The number of hydrogen-bond acceptors (Lipinski definition) is 5. The number of amides is 2. The molecular weight excluding hydrogens is 284 g/mol. The molecule has 2 amide bonds. The van der Waals surface area contributed by atoms with Crippen LogP contribution in [0.25, 0.3) is 0 Å². The highest BCUT2D eigenvalue weighted by Crippen LogP contribution is 2.18. The van der Waals surface area contributed by atoms with Gasteiger partial charge in [-0.1, -0.05) is 12.1 Å². The van der Waals surface area contributed by atoms with Crippen LogP contribution in [0, 0.1) is 0 Å². The van der Waals surface area contributed by atoms with Crippen LogP contribution in [0.5, 0.6) is 5.75 Å². The molecule has 2 atom stereocenters. The van der Waals surface area contributed by atoms with Crippen molar-refractivity contribution in [2.45, 2.75) is 31.4 Å². The molecule has 0 bridgehead atoms. The molecule has 6 nitrogen and oxygen atoms in total. The van der Waals surface area contributed by atoms with E-state index in [0.29, 0.717) is 24.6 Å². The molecule has 2 heterocycles. The van der Waals surface area contributed by atoms with Crippen molar-refractivity contribution >= 4 is 11.8 Å². The van der Waals surface area contributed by atoms with Gasteiger partial charge < -0.3 is 14.8 Å². The molecule has 1 aromatic rings. The van der Waals surface area contributed by atoms with Gasteiger partial charge in [0.15, 0.2) is 6.10 Å². The van der Waals surface area contributed by atoms with E-state index in [0.717, 1.165) is 26.2 Å². The first-order valence-electron chi connectivity index (χ1n) is 7.61. The Hall–Kier alpha value is -1.92. The normalized spacial score (nSPS) is 25.6. The van der Waals surface area contributed by atoms with E-state index in [-0.39, 0.29) is 11.8 Å². The summed E-state index contributed by atoms with van der Waals surface area (Å²) in [4.78, 5) is 22.8. The number of morpholine rings is 1. The Morgan fingerprint density at radius 2 is 2.05 bits per heavy atom. The van der Waals surface area contributed by atoms with Crippen LogP contribution in [0.3, 0.4) is 0 Å². The van der Waals surface area contributed by atoms with Crippen LogP contribution in [0.15, 0.2) is 24.3 Å². The maximum atomic E-state index is 11.7. The number of ether oxygens (including phenoxy) is 2. The van der Waals surface area contributed by atoms with Gasteiger partial charge in [-0.2, -0.15) is 0 Å². The Balaban J connectivity index is 1.54. The number of carbonyl (C=O) groups excluding carboxylic acids is 2. The average Bonchev–Trinajstić information content (AvgIpc) is 2.53. The first-order valence-corrected chi connectivity index (χ1v) is 7.61. The van der Waals surface area contributed by atoms with Crippen molar-refractivity contribution in [3.8, 4) is 5.75 Å². The predicted molar refractivity (Wildman–Crippen MR) is 79.6 cm³/mol. The van der Waals surface area contributed by atoms with Gasteiger partial charge in [0.05, 0.1) is 13.2 Å². The van der Waals surface area contributed by atoms with Crippen LogP contribution >= 0.6 is 0 Å². The third-order valence-corrected chi connectivity index (χ3v) is 3.87. The molecule has 0 aromatic heterocycles. The molecule has 118 valence electrons. The van der Waals surface area contributed by atoms with E-state index in [2.05, 4.69) is 10.6 Å². The number of carbonyl (C=O) groups is 2. The van der Waals surface area contributed by atoms with Gasteiger partial charge in [-0.3, -0.25) is 14.9 Å². The van der Waals surface area contributed by atoms with Crippen molar-refractivity contribution in [2.24, 2.45) is 0 Å². The Kier molecular flexibility index (Phi) is 4.70. The third-order valence-electron chi connectivity index (χ3n) is 3.87. The lowest BCUT2D eigenvalue weighted by atomic mass is 10.1. The van der Waals surface area contributed by atoms with Crippen molar-refractivity contribution < 1.29 is 19.1 Å². The standard InChI is InChI=1S/C16H20N2O4/c19-15-6-5-14(16(20)18-15)22-13-3-1-11(2-4-13)9-12-10-21-8-7-17-12/h1-4,12,14,17H,5-10H2,(H,18,19,20)/t12-,14?/m0/s1. The second kappa shape index (κ2) is 6.89. The molecule has 1 unspecified atom stereocenters. The monoisotopic (exact) mass is 304 g/mol. The highest BCUT2D eigenvalue weighted by atomic mass is 16.5. The fourth-order valence-electron chi connectivity index (χ4n) is 2.69. The molecule has 2 fully saturated rings. The molecule has 3 rings (SSSR count). The fourth-order valence-corrected chi connectivity index (χ4v) is 2.69. The zero-order chi connectivity index (χ0) is 15.4. The van der Waals surface area contributed by atoms with Gasteiger partial charge in [-0.25, -0.2) is 0 Å². The Morgan fingerprint density at radius 1 is 1.23 bits per heavy atom. The van der Waals surface area contributed by atoms with E-state index in [1.807, 2.05) is 24.3 Å². The minimum atomic E-state index is -0.586. The summed E-state index contributed by atoms with van der Waals surface area (Å²) in [7, 11) is 0. The molecule has 2 N–H and O–H groups in total. The molecular formula is C16H20N2O4. The van der Waals surface area contributed by atoms with Crippen LogP contribution in [0.2, 0.25) is 0 Å². The van der Waals surface area contributed by atoms with Gasteiger partial charge >= 0.3 is 0 Å². The van der Waals surface area contributed by atoms with Crippen LogP contribution < -0.4 is 15.4 Å². The Bertz CT molecular complexity index is 538. The predicted octanol–water partition coefficient (Wildman–Crippen LogP) is 0.401. The molecule has 0 radical (unpaired) electrons. The van der Waals surface area contributed by atoms with E-state index in [4.69, 9.17) is 9.47 Å². The van der Waals surface area contributed by atoms with Gasteiger partial charge in [0.2, 0.25) is 5.91 Å². The summed E-state index contributed by atoms with van der Waals surface area (Å²) in [5, 5.41) is 5.71. The van der Waals surface area contributed by atoms with Crippen molar-refractivity contribution in [3.63, 3.8) is 0 Å². The summed E-state index contributed by atoms with van der Waals surface area (Å²) in [6.45, 7) is 2.39. The number of benzene rings is 1. The molecule has 2 aliphatic heterocycles. The highest BCUT2D eigenvalue weighted by Gasteiger charge is 2.28. The summed E-state index contributed by atoms with van der Waals surface area (Å²) in [6.07, 6.45) is 1.06. The molecule has 6 heteroatoms. The summed E-state index contributed by atoms with van der Waals surface area (Å²) in [5.74, 6) is 0.0531. The largest absolute Gasteiger partial charge is 0.481 e. The molecule has 22 heavy (non-hydrogen) atoms. The lowest BCUT2D eigenvalue weighted by molar-refractivity contribution is -0.138. The zero-order valence-electron chi connectivity index (χ0n) is 12.3. The minimum Gasteiger partial charge on any atom is -0.481 e. The summed E-state index contributed by atoms with van der Waals surface area (Å²) in [5.41, 5.74) is 1.19. The number of hydrogen-bond donors (Lipinski definition) is 2. The molecule has 0 aliphatic carbocycles. The zero-order valence-corrected chi connectivity index (χ0v) is 12.3. The van der Waals surface area contributed by atoms with Crippen molar-refractivity contribution in [2.75, 3.05) is 19.8 Å². The van der Waals surface area contributed by atoms with Crippen LogP contribution in [-0.2, 0) is 20.7 Å². The SMILES string of the molecule is O=C1CCC(Oc2ccc(C[C@H]3COCCN3)cc2)C(=O)N1. The fraction of sp³-hybridized carbons (Fsp3) is 0.500. The molecule has 2 aliphatic rings. The lowest BCUT2D eigenvalue weighted by Crippen LogP contribution is -2.46. The van der Waals surface area contributed by atoms with Gasteiger partial charge in [0.25, 0.3) is 5.91 Å². The average molecular weight is 304 g/mol. The van der Waals surface area contributed by atoms with Crippen LogP contribution in [0.4, 0.5) is 0 Å². The molecule has 0 saturated carbocycles. The van der Waals surface area contributed by atoms with Crippen molar-refractivity contribution in [1.29, 1.82) is 0 Å². The molecule has 0 spiro atoms. The number of imide groups is 1. The summed E-state index contributed by atoms with van der Waals surface area (Å²) < 4.78 is 11.1. The van der Waals surface area contributed by atoms with E-state index in [9.17, 15) is 9.59 Å². The second-order valence-electron chi connectivity index (χ2n) is 5.63. The van der Waals surface area contributed by atoms with Crippen LogP contribution in [0.1, 0.15) is 18.4 Å². The summed E-state index contributed by atoms with van der Waals surface area (Å²) in [6, 6.07) is 8.07. The quantitative estimate of drug-likeness (QED) is 0.788. The maximum Gasteiger partial charge on any atom is 0.267 e. The van der Waals surface area contributed by atoms with E-state index in [1.165, 1.54) is 5.56 Å². The Morgan fingerprint density at radius 3 is 2.73 bits per heavy atom. The lowest BCUT2D eigenvalue weighted by Gasteiger charge is -2.24. The third kappa shape index (κ3) is 3.84. The van der Waals surface area contributed by atoms with E-state index in [1.54, 1.807) is 0 Å². The second-order valence-corrected chi connectivity index (χ2v) is 5.63. The van der Waals surface area contributed by atoms with E-state index >= 15 is 0 Å². The molecule has 2 saturated heterocycles. The minimum absolute atomic E-state index is 0.234. The van der Waals surface area contributed by atoms with Gasteiger partial charge in [-0.15, -0.1) is 0 Å². The van der Waals surface area contributed by atoms with E-state index < -0.39 is 6.10 Å². The number of piperidine rings is 1. The van der Waals surface area contributed by atoms with Crippen molar-refractivity contribution in [3.05, 3.63) is 29.8 Å². The topological polar surface area (TPSA) is 76.7 Å². The smallest absolute Gasteiger partial charge is 0.267 e. The number of rotatable bonds is 4. The first kappa shape index (κ1) is 15.0. The van der Waals surface area contributed by atoms with Gasteiger partial charge in [-0.05, 0) is 24.1 Å². The van der Waals surface area contributed by atoms with Gasteiger partial charge in [0, 0.05) is 25.4 Å². The van der Waals surface area contributed by atoms with Crippen LogP contribution in [-0.4, -0.2) is 43.7 Å². The Labute approximate surface area is 129 Å². The molecule has 1 aromatic carbocycles. The maximum absolute atomic E-state index is 11.7. The number of nitrogens with one attached hydrogen (secondary N) is 2. The van der Waals surface area contributed by atoms with Crippen molar-refractivity contribution in [1.82, 2.24) is 10.6 Å². The van der Waals surface area contributed by atoms with Gasteiger partial charge in [0.1, 0.15) is 5.75 Å². The highest BCUT2D eigenvalue weighted by molar-refractivity contribution is 5.99. The first-order chi connectivity index (χ1) is 10.7.